The highest BCUT2D eigenvalue weighted by molar-refractivity contribution is 6.30. The van der Waals surface area contributed by atoms with Gasteiger partial charge >= 0.3 is 0 Å². The van der Waals surface area contributed by atoms with Gasteiger partial charge in [-0.25, -0.2) is 4.39 Å². The molecule has 0 aliphatic carbocycles. The van der Waals surface area contributed by atoms with E-state index in [2.05, 4.69) is 5.32 Å². The van der Waals surface area contributed by atoms with E-state index >= 15 is 0 Å². The maximum atomic E-state index is 13.1. The number of carbonyl (C=O) groups excluding carboxylic acids is 1. The Bertz CT molecular complexity index is 396. The van der Waals surface area contributed by atoms with Gasteiger partial charge in [0.25, 0.3) is 0 Å². The zero-order valence-corrected chi connectivity index (χ0v) is 10.7. The number of carbonyl (C=O) groups is 1. The van der Waals surface area contributed by atoms with Crippen molar-refractivity contribution in [2.24, 2.45) is 0 Å². The number of hydrogen-bond acceptors (Lipinski definition) is 2. The maximum Gasteiger partial charge on any atom is 0.223 e. The summed E-state index contributed by atoms with van der Waals surface area (Å²) in [6.45, 7) is 1.09. The van der Waals surface area contributed by atoms with Crippen LogP contribution in [0.4, 0.5) is 4.39 Å². The van der Waals surface area contributed by atoms with Gasteiger partial charge in [0.1, 0.15) is 5.82 Å². The molecule has 0 aliphatic rings. The first kappa shape index (κ1) is 13.9. The van der Waals surface area contributed by atoms with Crippen LogP contribution in [0.5, 0.6) is 0 Å². The highest BCUT2D eigenvalue weighted by atomic mass is 35.5. The lowest BCUT2D eigenvalue weighted by molar-refractivity contribution is -0.128. The predicted octanol–water partition coefficient (Wildman–Crippen LogP) is 2.05. The largest absolute Gasteiger partial charge is 0.349 e. The maximum absolute atomic E-state index is 13.1. The summed E-state index contributed by atoms with van der Waals surface area (Å²) in [6, 6.07) is 4.67. The van der Waals surface area contributed by atoms with Crippen LogP contribution in [0.3, 0.4) is 0 Å². The zero-order chi connectivity index (χ0) is 12.8. The molecule has 0 saturated carbocycles. The third-order valence-corrected chi connectivity index (χ3v) is 2.63. The molecule has 0 aliphatic heterocycles. The second-order valence-corrected chi connectivity index (χ2v) is 4.37. The Morgan fingerprint density at radius 2 is 2.18 bits per heavy atom. The first-order valence-corrected chi connectivity index (χ1v) is 5.73. The topological polar surface area (TPSA) is 32.3 Å². The van der Waals surface area contributed by atoms with Crippen molar-refractivity contribution in [3.63, 3.8) is 0 Å². The van der Waals surface area contributed by atoms with Gasteiger partial charge in [0, 0.05) is 33.6 Å². The molecule has 17 heavy (non-hydrogen) atoms. The summed E-state index contributed by atoms with van der Waals surface area (Å²) in [5.41, 5.74) is 0.809. The van der Waals surface area contributed by atoms with Gasteiger partial charge in [-0.3, -0.25) is 4.79 Å². The molecule has 1 rings (SSSR count). The Kier molecular flexibility index (Phi) is 5.38. The van der Waals surface area contributed by atoms with E-state index in [0.29, 0.717) is 19.5 Å². The molecular weight excluding hydrogens is 243 g/mol. The molecule has 1 aromatic rings. The summed E-state index contributed by atoms with van der Waals surface area (Å²) in [7, 11) is 3.44. The Balaban J connectivity index is 2.31. The summed E-state index contributed by atoms with van der Waals surface area (Å²) < 4.78 is 13.1. The molecule has 0 bridgehead atoms. The van der Waals surface area contributed by atoms with Crippen LogP contribution < -0.4 is 5.32 Å². The minimum atomic E-state index is -0.421. The molecule has 0 fully saturated rings. The van der Waals surface area contributed by atoms with Crippen molar-refractivity contribution in [2.75, 3.05) is 20.6 Å². The van der Waals surface area contributed by atoms with Gasteiger partial charge in [0.05, 0.1) is 5.02 Å². The third kappa shape index (κ3) is 4.71. The molecule has 5 heteroatoms. The number of amides is 1. The SMILES string of the molecule is CN(C)C(=O)CCNCc1ccc(Cl)c(F)c1. The van der Waals surface area contributed by atoms with Crippen LogP contribution in [0.25, 0.3) is 0 Å². The minimum Gasteiger partial charge on any atom is -0.349 e. The van der Waals surface area contributed by atoms with Crippen LogP contribution >= 0.6 is 11.6 Å². The number of hydrogen-bond donors (Lipinski definition) is 1. The molecule has 1 aromatic carbocycles. The molecule has 0 saturated heterocycles. The van der Waals surface area contributed by atoms with Crippen LogP contribution in [0.2, 0.25) is 5.02 Å². The molecule has 94 valence electrons. The fraction of sp³-hybridized carbons (Fsp3) is 0.417. The van der Waals surface area contributed by atoms with Gasteiger partial charge in [-0.1, -0.05) is 17.7 Å². The van der Waals surface area contributed by atoms with Crippen molar-refractivity contribution in [2.45, 2.75) is 13.0 Å². The quantitative estimate of drug-likeness (QED) is 0.820. The predicted molar refractivity (Wildman–Crippen MR) is 66.4 cm³/mol. The van der Waals surface area contributed by atoms with Gasteiger partial charge in [0.15, 0.2) is 0 Å². The van der Waals surface area contributed by atoms with Crippen molar-refractivity contribution >= 4 is 17.5 Å². The second kappa shape index (κ2) is 6.57. The molecule has 3 nitrogen and oxygen atoms in total. The molecule has 1 N–H and O–H groups in total. The molecule has 0 atom stereocenters. The number of nitrogens with zero attached hydrogens (tertiary/aromatic N) is 1. The van der Waals surface area contributed by atoms with Crippen LogP contribution in [-0.4, -0.2) is 31.4 Å². The lowest BCUT2D eigenvalue weighted by Crippen LogP contribution is -2.26. The van der Waals surface area contributed by atoms with E-state index in [4.69, 9.17) is 11.6 Å². The van der Waals surface area contributed by atoms with Crippen molar-refractivity contribution in [1.82, 2.24) is 10.2 Å². The molecule has 0 heterocycles. The smallest absolute Gasteiger partial charge is 0.223 e. The Morgan fingerprint density at radius 3 is 2.76 bits per heavy atom. The summed E-state index contributed by atoms with van der Waals surface area (Å²) in [5.74, 6) is -0.352. The summed E-state index contributed by atoms with van der Waals surface area (Å²) >= 11 is 5.57. The van der Waals surface area contributed by atoms with E-state index in [1.807, 2.05) is 0 Å². The van der Waals surface area contributed by atoms with Gasteiger partial charge in [-0.2, -0.15) is 0 Å². The molecule has 0 aromatic heterocycles. The number of rotatable bonds is 5. The summed E-state index contributed by atoms with van der Waals surface area (Å²) in [4.78, 5) is 12.8. The number of nitrogens with one attached hydrogen (secondary N) is 1. The lowest BCUT2D eigenvalue weighted by atomic mass is 10.2. The molecular formula is C12H16ClFN2O. The van der Waals surface area contributed by atoms with E-state index < -0.39 is 5.82 Å². The van der Waals surface area contributed by atoms with Gasteiger partial charge in [0.2, 0.25) is 5.91 Å². The van der Waals surface area contributed by atoms with Crippen molar-refractivity contribution in [1.29, 1.82) is 0 Å². The van der Waals surface area contributed by atoms with E-state index in [9.17, 15) is 9.18 Å². The lowest BCUT2D eigenvalue weighted by Gasteiger charge is -2.10. The van der Waals surface area contributed by atoms with E-state index in [-0.39, 0.29) is 10.9 Å². The average molecular weight is 259 g/mol. The van der Waals surface area contributed by atoms with Gasteiger partial charge < -0.3 is 10.2 Å². The van der Waals surface area contributed by atoms with Crippen LogP contribution in [0.1, 0.15) is 12.0 Å². The Morgan fingerprint density at radius 1 is 1.47 bits per heavy atom. The first-order chi connectivity index (χ1) is 8.00. The van der Waals surface area contributed by atoms with Gasteiger partial charge in [-0.15, -0.1) is 0 Å². The second-order valence-electron chi connectivity index (χ2n) is 3.96. The Labute approximate surface area is 106 Å². The third-order valence-electron chi connectivity index (χ3n) is 2.33. The average Bonchev–Trinajstić information content (AvgIpc) is 2.28. The van der Waals surface area contributed by atoms with Crippen molar-refractivity contribution < 1.29 is 9.18 Å². The Hall–Kier alpha value is -1.13. The molecule has 0 spiro atoms. The highest BCUT2D eigenvalue weighted by Gasteiger charge is 2.03. The van der Waals surface area contributed by atoms with Crippen LogP contribution in [-0.2, 0) is 11.3 Å². The van der Waals surface area contributed by atoms with E-state index in [0.717, 1.165) is 5.56 Å². The highest BCUT2D eigenvalue weighted by Crippen LogP contribution is 2.15. The number of halogens is 2. The van der Waals surface area contributed by atoms with Crippen LogP contribution in [0, 0.1) is 5.82 Å². The monoisotopic (exact) mass is 258 g/mol. The summed E-state index contributed by atoms with van der Waals surface area (Å²) in [5, 5.41) is 3.20. The fourth-order valence-corrected chi connectivity index (χ4v) is 1.42. The molecule has 0 unspecified atom stereocenters. The van der Waals surface area contributed by atoms with E-state index in [1.54, 1.807) is 25.1 Å². The van der Waals surface area contributed by atoms with Crippen molar-refractivity contribution in [3.05, 3.63) is 34.6 Å². The number of benzene rings is 1. The standard InChI is InChI=1S/C12H16ClFN2O/c1-16(2)12(17)5-6-15-8-9-3-4-10(13)11(14)7-9/h3-4,7,15H,5-6,8H2,1-2H3. The van der Waals surface area contributed by atoms with E-state index in [1.165, 1.54) is 12.1 Å². The first-order valence-electron chi connectivity index (χ1n) is 5.35. The minimum absolute atomic E-state index is 0.0692. The zero-order valence-electron chi connectivity index (χ0n) is 9.96. The molecule has 1 amide bonds. The van der Waals surface area contributed by atoms with Crippen LogP contribution in [0.15, 0.2) is 18.2 Å². The summed E-state index contributed by atoms with van der Waals surface area (Å²) in [6.07, 6.45) is 0.434. The fourth-order valence-electron chi connectivity index (χ4n) is 1.30. The normalized spacial score (nSPS) is 10.4. The molecule has 0 radical (unpaired) electrons. The van der Waals surface area contributed by atoms with Gasteiger partial charge in [-0.05, 0) is 17.7 Å². The van der Waals surface area contributed by atoms with Crippen molar-refractivity contribution in [3.8, 4) is 0 Å².